The van der Waals surface area contributed by atoms with Gasteiger partial charge in [-0.15, -0.1) is 0 Å². The molecule has 1 aromatic rings. The van der Waals surface area contributed by atoms with Gasteiger partial charge in [0.2, 0.25) is 0 Å². The van der Waals surface area contributed by atoms with Gasteiger partial charge in [0.25, 0.3) is 0 Å². The molecule has 0 heterocycles. The summed E-state index contributed by atoms with van der Waals surface area (Å²) in [4.78, 5) is 0. The van der Waals surface area contributed by atoms with Gasteiger partial charge in [-0.25, -0.2) is 0 Å². The van der Waals surface area contributed by atoms with Crippen LogP contribution in [0.3, 0.4) is 0 Å². The van der Waals surface area contributed by atoms with Crippen molar-refractivity contribution in [1.82, 2.24) is 0 Å². The van der Waals surface area contributed by atoms with E-state index >= 15 is 0 Å². The molecule has 1 aromatic carbocycles. The minimum atomic E-state index is -0.345. The Kier molecular flexibility index (Phi) is 3.82. The van der Waals surface area contributed by atoms with Crippen LogP contribution in [0, 0.1) is 0 Å². The summed E-state index contributed by atoms with van der Waals surface area (Å²) in [5, 5.41) is 10.5. The molecule has 0 aliphatic heterocycles. The van der Waals surface area contributed by atoms with Gasteiger partial charge in [-0.3, -0.25) is 0 Å². The molecule has 1 rings (SSSR count). The summed E-state index contributed by atoms with van der Waals surface area (Å²) in [5.41, 5.74) is 2.06. The normalized spacial score (nSPS) is 12.8. The summed E-state index contributed by atoms with van der Waals surface area (Å²) in [6.45, 7) is 2.06. The number of rotatable bonds is 3. The summed E-state index contributed by atoms with van der Waals surface area (Å²) >= 11 is 5.82. The fourth-order valence-electron chi connectivity index (χ4n) is 1.44. The third-order valence-corrected chi connectivity index (χ3v) is 2.39. The van der Waals surface area contributed by atoms with Crippen LogP contribution in [0.15, 0.2) is 18.2 Å². The van der Waals surface area contributed by atoms with Crippen LogP contribution in [0.4, 0.5) is 0 Å². The van der Waals surface area contributed by atoms with Crippen molar-refractivity contribution < 1.29 is 5.11 Å². The Morgan fingerprint density at radius 2 is 2.23 bits per heavy atom. The van der Waals surface area contributed by atoms with E-state index in [-0.39, 0.29) is 6.10 Å². The zero-order chi connectivity index (χ0) is 9.84. The fraction of sp³-hybridized carbons (Fsp3) is 0.400. The molecule has 0 saturated heterocycles. The van der Waals surface area contributed by atoms with Gasteiger partial charge in [0.15, 0.2) is 0 Å². The number of benzene rings is 1. The van der Waals surface area contributed by atoms with E-state index in [1.807, 2.05) is 26.0 Å². The van der Waals surface area contributed by atoms with Crippen LogP contribution in [0.25, 0.3) is 0 Å². The number of halogens is 1. The number of hydrogen-bond acceptors (Lipinski definition) is 1. The van der Waals surface area contributed by atoms with Gasteiger partial charge in [-0.2, -0.15) is 0 Å². The van der Waals surface area contributed by atoms with Crippen molar-refractivity contribution in [2.45, 2.75) is 25.9 Å². The molecule has 1 N–H and O–H groups in total. The van der Waals surface area contributed by atoms with Crippen LogP contribution in [0.1, 0.15) is 31.4 Å². The Labute approximate surface area is 85.1 Å². The lowest BCUT2D eigenvalue weighted by atomic mass is 9.87. The highest BCUT2D eigenvalue weighted by Gasteiger charge is 2.08. The summed E-state index contributed by atoms with van der Waals surface area (Å²) in [6, 6.07) is 5.61. The molecule has 0 radical (unpaired) electrons. The SMILES string of the molecule is Bc1cc(Cl)ccc1C(O)CCC. The maximum Gasteiger partial charge on any atom is 0.139 e. The second kappa shape index (κ2) is 4.68. The van der Waals surface area contributed by atoms with Gasteiger partial charge in [0.1, 0.15) is 7.85 Å². The van der Waals surface area contributed by atoms with Crippen molar-refractivity contribution in [3.05, 3.63) is 28.8 Å². The molecule has 1 atom stereocenters. The van der Waals surface area contributed by atoms with Crippen molar-refractivity contribution >= 4 is 24.9 Å². The molecule has 0 aromatic heterocycles. The summed E-state index contributed by atoms with van der Waals surface area (Å²) in [5.74, 6) is 0. The maximum absolute atomic E-state index is 9.75. The highest BCUT2D eigenvalue weighted by molar-refractivity contribution is 6.36. The molecule has 1 unspecified atom stereocenters. The fourth-order valence-corrected chi connectivity index (χ4v) is 1.67. The standard InChI is InChI=1S/C10H14BClO/c1-2-3-10(13)8-5-4-7(12)6-9(8)11/h4-6,10,13H,2-3,11H2,1H3. The van der Waals surface area contributed by atoms with Crippen LogP contribution in [0.2, 0.25) is 5.02 Å². The zero-order valence-electron chi connectivity index (χ0n) is 8.05. The molecular weight excluding hydrogens is 182 g/mol. The van der Waals surface area contributed by atoms with Crippen LogP contribution in [0.5, 0.6) is 0 Å². The molecule has 0 aliphatic carbocycles. The first kappa shape index (κ1) is 10.6. The third kappa shape index (κ3) is 2.75. The predicted molar refractivity (Wildman–Crippen MR) is 59.5 cm³/mol. The highest BCUT2D eigenvalue weighted by Crippen LogP contribution is 2.17. The molecule has 0 saturated carbocycles. The zero-order valence-corrected chi connectivity index (χ0v) is 8.80. The average Bonchev–Trinajstić information content (AvgIpc) is 2.04. The maximum atomic E-state index is 9.75. The van der Waals surface area contributed by atoms with E-state index in [0.29, 0.717) is 0 Å². The lowest BCUT2D eigenvalue weighted by Gasteiger charge is -2.12. The van der Waals surface area contributed by atoms with E-state index in [1.165, 1.54) is 0 Å². The second-order valence-corrected chi connectivity index (χ2v) is 3.74. The van der Waals surface area contributed by atoms with Crippen LogP contribution < -0.4 is 5.46 Å². The molecule has 0 amide bonds. The number of aliphatic hydroxyl groups excluding tert-OH is 1. The first-order chi connectivity index (χ1) is 6.15. The molecular formula is C10H14BClO. The molecule has 0 fully saturated rings. The molecule has 1 nitrogen and oxygen atoms in total. The van der Waals surface area contributed by atoms with Crippen LogP contribution in [-0.4, -0.2) is 13.0 Å². The van der Waals surface area contributed by atoms with Gasteiger partial charge < -0.3 is 5.11 Å². The van der Waals surface area contributed by atoms with Crippen molar-refractivity contribution in [2.75, 3.05) is 0 Å². The predicted octanol–water partition coefficient (Wildman–Crippen LogP) is 1.43. The van der Waals surface area contributed by atoms with Crippen molar-refractivity contribution in [3.63, 3.8) is 0 Å². The Morgan fingerprint density at radius 1 is 1.54 bits per heavy atom. The van der Waals surface area contributed by atoms with Gasteiger partial charge in [0, 0.05) is 5.02 Å². The first-order valence-electron chi connectivity index (χ1n) is 4.59. The Bertz CT molecular complexity index is 288. The monoisotopic (exact) mass is 196 g/mol. The van der Waals surface area contributed by atoms with Gasteiger partial charge in [-0.05, 0) is 24.1 Å². The summed E-state index contributed by atoms with van der Waals surface area (Å²) in [6.07, 6.45) is 1.45. The quantitative estimate of drug-likeness (QED) is 0.725. The van der Waals surface area contributed by atoms with Gasteiger partial charge in [0.05, 0.1) is 6.10 Å². The Balaban J connectivity index is 2.88. The Morgan fingerprint density at radius 3 is 2.77 bits per heavy atom. The molecule has 0 spiro atoms. The van der Waals surface area contributed by atoms with Crippen molar-refractivity contribution in [3.8, 4) is 0 Å². The van der Waals surface area contributed by atoms with E-state index in [4.69, 9.17) is 11.6 Å². The summed E-state index contributed by atoms with van der Waals surface area (Å²) in [7, 11) is 1.97. The lowest BCUT2D eigenvalue weighted by Crippen LogP contribution is -2.14. The largest absolute Gasteiger partial charge is 0.388 e. The van der Waals surface area contributed by atoms with E-state index in [9.17, 15) is 5.11 Å². The molecule has 70 valence electrons. The first-order valence-corrected chi connectivity index (χ1v) is 4.97. The van der Waals surface area contributed by atoms with Gasteiger partial charge >= 0.3 is 0 Å². The average molecular weight is 196 g/mol. The number of hydrogen-bond donors (Lipinski definition) is 1. The minimum absolute atomic E-state index is 0.345. The topological polar surface area (TPSA) is 20.2 Å². The number of aliphatic hydroxyl groups is 1. The van der Waals surface area contributed by atoms with Crippen LogP contribution >= 0.6 is 11.6 Å². The molecule has 3 heteroatoms. The van der Waals surface area contributed by atoms with Crippen molar-refractivity contribution in [2.24, 2.45) is 0 Å². The molecule has 0 aliphatic rings. The smallest absolute Gasteiger partial charge is 0.139 e. The van der Waals surface area contributed by atoms with E-state index in [0.717, 1.165) is 28.9 Å². The van der Waals surface area contributed by atoms with E-state index < -0.39 is 0 Å². The lowest BCUT2D eigenvalue weighted by molar-refractivity contribution is 0.167. The Hall–Kier alpha value is -0.465. The second-order valence-electron chi connectivity index (χ2n) is 3.31. The van der Waals surface area contributed by atoms with Crippen molar-refractivity contribution in [1.29, 1.82) is 0 Å². The molecule has 13 heavy (non-hydrogen) atoms. The molecule has 0 bridgehead atoms. The van der Waals surface area contributed by atoms with Crippen LogP contribution in [-0.2, 0) is 0 Å². The highest BCUT2D eigenvalue weighted by atomic mass is 35.5. The minimum Gasteiger partial charge on any atom is -0.388 e. The van der Waals surface area contributed by atoms with E-state index in [2.05, 4.69) is 6.92 Å². The third-order valence-electron chi connectivity index (χ3n) is 2.15. The van der Waals surface area contributed by atoms with E-state index in [1.54, 1.807) is 0 Å². The van der Waals surface area contributed by atoms with Gasteiger partial charge in [-0.1, -0.05) is 36.5 Å². The summed E-state index contributed by atoms with van der Waals surface area (Å²) < 4.78 is 0.